The number of H-pyrrole nitrogens is 1. The molecular weight excluding hydrogens is 509 g/mol. The number of hydrogen-bond acceptors (Lipinski definition) is 6. The number of amides is 1. The first kappa shape index (κ1) is 29.1. The number of rotatable bonds is 3. The van der Waals surface area contributed by atoms with Crippen molar-refractivity contribution in [2.24, 2.45) is 0 Å². The molecule has 0 spiro atoms. The lowest BCUT2D eigenvalue weighted by Crippen LogP contribution is -2.58. The molecule has 1 amide bonds. The summed E-state index contributed by atoms with van der Waals surface area (Å²) in [6.07, 6.45) is 2.29. The van der Waals surface area contributed by atoms with Crippen molar-refractivity contribution in [2.45, 2.75) is 59.4 Å². The van der Waals surface area contributed by atoms with Gasteiger partial charge in [-0.25, -0.2) is 13.9 Å². The average Bonchev–Trinajstić information content (AvgIpc) is 3.52. The summed E-state index contributed by atoms with van der Waals surface area (Å²) in [5.74, 6) is -0.239. The predicted molar refractivity (Wildman–Crippen MR) is 153 cm³/mol. The molecule has 1 fully saturated rings. The van der Waals surface area contributed by atoms with E-state index in [4.69, 9.17) is 0 Å². The fraction of sp³-hybridized carbons (Fsp3) is 0.433. The van der Waals surface area contributed by atoms with E-state index < -0.39 is 0 Å². The van der Waals surface area contributed by atoms with Gasteiger partial charge in [-0.2, -0.15) is 10.2 Å². The molecule has 4 heterocycles. The third-order valence-electron chi connectivity index (χ3n) is 7.37. The summed E-state index contributed by atoms with van der Waals surface area (Å²) in [5.41, 5.74) is 5.15. The van der Waals surface area contributed by atoms with Crippen molar-refractivity contribution in [1.82, 2.24) is 34.6 Å². The Morgan fingerprint density at radius 3 is 2.42 bits per heavy atom. The third kappa shape index (κ3) is 6.12. The van der Waals surface area contributed by atoms with Gasteiger partial charge >= 0.3 is 0 Å². The Hall–Kier alpha value is -3.92. The highest BCUT2D eigenvalue weighted by Crippen LogP contribution is 2.30. The summed E-state index contributed by atoms with van der Waals surface area (Å²) >= 11 is 0. The highest BCUT2D eigenvalue weighted by molar-refractivity contribution is 5.92. The first-order valence-corrected chi connectivity index (χ1v) is 13.3. The Kier molecular flexibility index (Phi) is 7.94. The second-order valence-corrected chi connectivity index (χ2v) is 12.1. The van der Waals surface area contributed by atoms with Crippen LogP contribution in [0.5, 0.6) is 0 Å². The number of imidazole rings is 1. The number of aldehydes is 1. The molecule has 0 aliphatic carbocycles. The van der Waals surface area contributed by atoms with Crippen molar-refractivity contribution in [1.29, 1.82) is 0 Å². The van der Waals surface area contributed by atoms with Crippen LogP contribution in [0.25, 0.3) is 16.9 Å². The summed E-state index contributed by atoms with van der Waals surface area (Å²) < 4.78 is 15.5. The minimum atomic E-state index is -0.263. The van der Waals surface area contributed by atoms with Crippen molar-refractivity contribution in [3.8, 4) is 11.3 Å². The molecule has 1 N–H and O–H groups in total. The van der Waals surface area contributed by atoms with Crippen molar-refractivity contribution >= 4 is 17.8 Å². The van der Waals surface area contributed by atoms with Gasteiger partial charge in [0.2, 0.25) is 0 Å². The molecule has 9 nitrogen and oxygen atoms in total. The lowest BCUT2D eigenvalue weighted by molar-refractivity contribution is 0.0307. The van der Waals surface area contributed by atoms with Gasteiger partial charge in [-0.1, -0.05) is 32.9 Å². The molecule has 4 aromatic rings. The molecule has 1 saturated heterocycles. The summed E-state index contributed by atoms with van der Waals surface area (Å²) in [6.45, 7) is 16.6. The molecule has 0 saturated carbocycles. The van der Waals surface area contributed by atoms with Crippen molar-refractivity contribution < 1.29 is 14.0 Å². The molecule has 1 aliphatic heterocycles. The number of nitrogens with one attached hydrogen (secondary N) is 1. The maximum Gasteiger partial charge on any atom is 0.274 e. The fourth-order valence-corrected chi connectivity index (χ4v) is 4.60. The monoisotopic (exact) mass is 547 g/mol. The summed E-state index contributed by atoms with van der Waals surface area (Å²) in [4.78, 5) is 31.7. The normalized spacial score (nSPS) is 15.6. The van der Waals surface area contributed by atoms with Crippen LogP contribution in [0.4, 0.5) is 4.39 Å². The second kappa shape index (κ2) is 10.9. The van der Waals surface area contributed by atoms with E-state index in [1.54, 1.807) is 29.8 Å². The van der Waals surface area contributed by atoms with Crippen molar-refractivity contribution in [2.75, 3.05) is 26.7 Å². The smallest absolute Gasteiger partial charge is 0.274 e. The van der Waals surface area contributed by atoms with E-state index in [2.05, 4.69) is 66.8 Å². The molecule has 40 heavy (non-hydrogen) atoms. The number of benzene rings is 1. The number of likely N-dealkylation sites (N-methyl/N-ethyl adjacent to an activating group) is 1. The first-order chi connectivity index (χ1) is 18.7. The summed E-state index contributed by atoms with van der Waals surface area (Å²) in [5, 5.41) is 11.3. The number of halogens is 1. The van der Waals surface area contributed by atoms with Gasteiger partial charge in [-0.05, 0) is 63.9 Å². The van der Waals surface area contributed by atoms with Gasteiger partial charge in [-0.15, -0.1) is 0 Å². The molecule has 212 valence electrons. The van der Waals surface area contributed by atoms with E-state index in [1.165, 1.54) is 6.07 Å². The number of aromatic amines is 1. The minimum absolute atomic E-state index is 0.0236. The molecule has 0 unspecified atom stereocenters. The van der Waals surface area contributed by atoms with E-state index in [1.807, 2.05) is 24.0 Å². The number of piperazine rings is 1. The number of carbonyl (C=O) groups is 2. The van der Waals surface area contributed by atoms with Crippen LogP contribution in [0, 0.1) is 19.7 Å². The van der Waals surface area contributed by atoms with Crippen LogP contribution in [-0.4, -0.2) is 79.0 Å². The number of aromatic nitrogens is 5. The Labute approximate surface area is 234 Å². The summed E-state index contributed by atoms with van der Waals surface area (Å²) in [6, 6.07) is 8.77. The van der Waals surface area contributed by atoms with Gasteiger partial charge < -0.3 is 4.90 Å². The Balaban J connectivity index is 0.000000194. The quantitative estimate of drug-likeness (QED) is 0.369. The van der Waals surface area contributed by atoms with Crippen LogP contribution in [0.2, 0.25) is 0 Å². The van der Waals surface area contributed by atoms with Gasteiger partial charge in [0.05, 0.1) is 11.9 Å². The standard InChI is InChI=1S/C18H18FN3O.C12H20N4O/c1-11-5-6-12(7-15(11)19)16-8-14(18(2,3)4)17-20-13(10-23)9-22(17)21-16;1-9-7-10(14-13-9)11(17)16-6-5-15(4)12(2,3)8-16/h5-10H,1-4H3;7H,5-6,8H2,1-4H3,(H,13,14). The average molecular weight is 548 g/mol. The highest BCUT2D eigenvalue weighted by Gasteiger charge is 2.34. The number of hydrogen-bond donors (Lipinski definition) is 1. The van der Waals surface area contributed by atoms with E-state index in [0.29, 0.717) is 40.1 Å². The Morgan fingerprint density at radius 1 is 1.12 bits per heavy atom. The van der Waals surface area contributed by atoms with E-state index in [0.717, 1.165) is 30.9 Å². The lowest BCUT2D eigenvalue weighted by Gasteiger charge is -2.45. The molecule has 3 aromatic heterocycles. The van der Waals surface area contributed by atoms with Gasteiger partial charge in [0, 0.05) is 42.0 Å². The highest BCUT2D eigenvalue weighted by atomic mass is 19.1. The number of aryl methyl sites for hydroxylation is 2. The zero-order valence-corrected chi connectivity index (χ0v) is 24.5. The maximum atomic E-state index is 13.9. The molecule has 0 bridgehead atoms. The van der Waals surface area contributed by atoms with Gasteiger partial charge in [0.15, 0.2) is 11.9 Å². The number of nitrogens with zero attached hydrogens (tertiary/aromatic N) is 6. The number of fused-ring (bicyclic) bond motifs is 1. The molecule has 10 heteroatoms. The van der Waals surface area contributed by atoms with E-state index >= 15 is 0 Å². The zero-order valence-electron chi connectivity index (χ0n) is 24.5. The van der Waals surface area contributed by atoms with Crippen molar-refractivity contribution in [3.05, 3.63) is 70.6 Å². The Bertz CT molecular complexity index is 1550. The minimum Gasteiger partial charge on any atom is -0.334 e. The van der Waals surface area contributed by atoms with Crippen LogP contribution in [0.3, 0.4) is 0 Å². The van der Waals surface area contributed by atoms with Crippen LogP contribution < -0.4 is 0 Å². The molecule has 1 aliphatic rings. The Morgan fingerprint density at radius 2 is 1.85 bits per heavy atom. The second-order valence-electron chi connectivity index (χ2n) is 12.1. The maximum absolute atomic E-state index is 13.9. The largest absolute Gasteiger partial charge is 0.334 e. The van der Waals surface area contributed by atoms with E-state index in [9.17, 15) is 14.0 Å². The van der Waals surface area contributed by atoms with Crippen LogP contribution >= 0.6 is 0 Å². The number of carbonyl (C=O) groups excluding carboxylic acids is 2. The molecule has 5 rings (SSSR count). The van der Waals surface area contributed by atoms with Gasteiger partial charge in [-0.3, -0.25) is 19.6 Å². The van der Waals surface area contributed by atoms with Gasteiger partial charge in [0.25, 0.3) is 5.91 Å². The molecular formula is C30H38FN7O2. The van der Waals surface area contributed by atoms with Crippen LogP contribution in [-0.2, 0) is 5.41 Å². The first-order valence-electron chi connectivity index (χ1n) is 13.3. The van der Waals surface area contributed by atoms with E-state index in [-0.39, 0.29) is 22.7 Å². The third-order valence-corrected chi connectivity index (χ3v) is 7.37. The molecule has 0 atom stereocenters. The summed E-state index contributed by atoms with van der Waals surface area (Å²) in [7, 11) is 2.10. The zero-order chi connectivity index (χ0) is 29.4. The van der Waals surface area contributed by atoms with Crippen molar-refractivity contribution in [3.63, 3.8) is 0 Å². The fourth-order valence-electron chi connectivity index (χ4n) is 4.60. The SMILES string of the molecule is Cc1cc(C(=O)N2CCN(C)C(C)(C)C2)n[nH]1.Cc1ccc(-c2cc(C(C)(C)C)c3nc(C=O)cn3n2)cc1F. The topological polar surface area (TPSA) is 99.5 Å². The lowest BCUT2D eigenvalue weighted by atomic mass is 9.87. The van der Waals surface area contributed by atoms with Gasteiger partial charge in [0.1, 0.15) is 17.2 Å². The predicted octanol–water partition coefficient (Wildman–Crippen LogP) is 4.84. The van der Waals surface area contributed by atoms with Crippen LogP contribution in [0.1, 0.15) is 72.4 Å². The molecule has 0 radical (unpaired) electrons. The molecule has 1 aromatic carbocycles. The van der Waals surface area contributed by atoms with Crippen LogP contribution in [0.15, 0.2) is 36.5 Å².